The molecule has 0 aliphatic heterocycles. The molecular formula is C14H24N2S. The minimum Gasteiger partial charge on any atom is -0.271 e. The van der Waals surface area contributed by atoms with Crippen LogP contribution >= 0.6 is 11.3 Å². The first-order chi connectivity index (χ1) is 8.35. The van der Waals surface area contributed by atoms with Gasteiger partial charge in [0.2, 0.25) is 0 Å². The molecular weight excluding hydrogens is 228 g/mol. The highest BCUT2D eigenvalue weighted by molar-refractivity contribution is 7.10. The molecule has 0 radical (unpaired) electrons. The largest absolute Gasteiger partial charge is 0.271 e. The van der Waals surface area contributed by atoms with Crippen LogP contribution in [0.2, 0.25) is 0 Å². The third-order valence-electron chi connectivity index (χ3n) is 3.97. The molecule has 0 spiro atoms. The van der Waals surface area contributed by atoms with Crippen molar-refractivity contribution in [2.45, 2.75) is 57.9 Å². The Kier molecular flexibility index (Phi) is 5.01. The number of hydrogen-bond donors (Lipinski definition) is 2. The van der Waals surface area contributed by atoms with Crippen molar-refractivity contribution < 1.29 is 0 Å². The van der Waals surface area contributed by atoms with E-state index in [9.17, 15) is 0 Å². The number of rotatable bonds is 5. The Balaban J connectivity index is 2.00. The van der Waals surface area contributed by atoms with Crippen molar-refractivity contribution in [1.29, 1.82) is 0 Å². The van der Waals surface area contributed by atoms with E-state index in [1.807, 2.05) is 11.3 Å². The van der Waals surface area contributed by atoms with E-state index in [0.29, 0.717) is 6.04 Å². The average Bonchev–Trinajstić information content (AvgIpc) is 2.85. The summed E-state index contributed by atoms with van der Waals surface area (Å²) in [6, 6.07) is 2.61. The predicted molar refractivity (Wildman–Crippen MR) is 75.0 cm³/mol. The molecule has 1 heterocycles. The molecule has 1 aromatic heterocycles. The summed E-state index contributed by atoms with van der Waals surface area (Å²) in [4.78, 5) is 1.46. The van der Waals surface area contributed by atoms with Crippen LogP contribution in [0.25, 0.3) is 0 Å². The number of thiophene rings is 1. The predicted octanol–water partition coefficient (Wildman–Crippen LogP) is 3.79. The highest BCUT2D eigenvalue weighted by Crippen LogP contribution is 2.34. The van der Waals surface area contributed by atoms with E-state index < -0.39 is 0 Å². The summed E-state index contributed by atoms with van der Waals surface area (Å²) in [5, 5.41) is 2.19. The summed E-state index contributed by atoms with van der Waals surface area (Å²) in [5.41, 5.74) is 4.50. The van der Waals surface area contributed by atoms with Crippen molar-refractivity contribution >= 4 is 11.3 Å². The summed E-state index contributed by atoms with van der Waals surface area (Å²) >= 11 is 1.85. The lowest BCUT2D eigenvalue weighted by molar-refractivity contribution is 0.302. The van der Waals surface area contributed by atoms with Gasteiger partial charge in [-0.15, -0.1) is 11.3 Å². The maximum Gasteiger partial charge on any atom is 0.0558 e. The van der Waals surface area contributed by atoms with Gasteiger partial charge in [0.1, 0.15) is 0 Å². The third kappa shape index (κ3) is 3.30. The number of aryl methyl sites for hydroxylation is 1. The Labute approximate surface area is 109 Å². The number of nitrogens with two attached hydrogens (primary N) is 1. The summed E-state index contributed by atoms with van der Waals surface area (Å²) in [6.07, 6.45) is 9.36. The molecule has 3 N–H and O–H groups in total. The second kappa shape index (κ2) is 6.53. The van der Waals surface area contributed by atoms with Crippen LogP contribution < -0.4 is 11.3 Å². The van der Waals surface area contributed by atoms with E-state index in [1.165, 1.54) is 49.0 Å². The Morgan fingerprint density at radius 1 is 1.41 bits per heavy atom. The molecule has 2 rings (SSSR count). The third-order valence-corrected chi connectivity index (χ3v) is 5.05. The van der Waals surface area contributed by atoms with Crippen LogP contribution in [-0.2, 0) is 6.42 Å². The second-order valence-electron chi connectivity index (χ2n) is 5.12. The van der Waals surface area contributed by atoms with Gasteiger partial charge in [0.15, 0.2) is 0 Å². The van der Waals surface area contributed by atoms with Crippen LogP contribution in [0.4, 0.5) is 0 Å². The lowest BCUT2D eigenvalue weighted by Gasteiger charge is -2.26. The van der Waals surface area contributed by atoms with Gasteiger partial charge in [0.25, 0.3) is 0 Å². The van der Waals surface area contributed by atoms with Crippen LogP contribution in [0.15, 0.2) is 11.4 Å². The van der Waals surface area contributed by atoms with Gasteiger partial charge in [-0.2, -0.15) is 0 Å². The summed E-state index contributed by atoms with van der Waals surface area (Å²) in [7, 11) is 0. The van der Waals surface area contributed by atoms with Crippen LogP contribution in [0, 0.1) is 5.92 Å². The van der Waals surface area contributed by atoms with Crippen molar-refractivity contribution in [2.24, 2.45) is 11.8 Å². The molecule has 1 aliphatic rings. The zero-order valence-electron chi connectivity index (χ0n) is 10.7. The standard InChI is InChI=1S/C14H24N2S/c1-2-12-8-9-17-14(12)13(16-15)10-11-6-4-3-5-7-11/h8-9,11,13,16H,2-7,10,15H2,1H3. The van der Waals surface area contributed by atoms with E-state index in [-0.39, 0.29) is 0 Å². The van der Waals surface area contributed by atoms with Gasteiger partial charge < -0.3 is 0 Å². The second-order valence-corrected chi connectivity index (χ2v) is 6.07. The van der Waals surface area contributed by atoms with Gasteiger partial charge in [-0.25, -0.2) is 0 Å². The van der Waals surface area contributed by atoms with Gasteiger partial charge in [-0.3, -0.25) is 11.3 Å². The van der Waals surface area contributed by atoms with Crippen molar-refractivity contribution in [3.05, 3.63) is 21.9 Å². The fraction of sp³-hybridized carbons (Fsp3) is 0.714. The SMILES string of the molecule is CCc1ccsc1C(CC1CCCCC1)NN. The van der Waals surface area contributed by atoms with Crippen molar-refractivity contribution in [3.63, 3.8) is 0 Å². The molecule has 1 fully saturated rings. The Morgan fingerprint density at radius 3 is 2.82 bits per heavy atom. The molecule has 0 aromatic carbocycles. The smallest absolute Gasteiger partial charge is 0.0558 e. The quantitative estimate of drug-likeness (QED) is 0.618. The maximum atomic E-state index is 5.76. The Hall–Kier alpha value is -0.380. The topological polar surface area (TPSA) is 38.0 Å². The van der Waals surface area contributed by atoms with Crippen molar-refractivity contribution in [2.75, 3.05) is 0 Å². The first-order valence-electron chi connectivity index (χ1n) is 6.87. The van der Waals surface area contributed by atoms with Crippen LogP contribution in [0.5, 0.6) is 0 Å². The molecule has 17 heavy (non-hydrogen) atoms. The molecule has 96 valence electrons. The molecule has 2 nitrogen and oxygen atoms in total. The zero-order chi connectivity index (χ0) is 12.1. The monoisotopic (exact) mass is 252 g/mol. The molecule has 3 heteroatoms. The first-order valence-corrected chi connectivity index (χ1v) is 7.75. The number of nitrogens with one attached hydrogen (secondary N) is 1. The van der Waals surface area contributed by atoms with Gasteiger partial charge in [0.05, 0.1) is 6.04 Å². The van der Waals surface area contributed by atoms with Crippen molar-refractivity contribution in [3.8, 4) is 0 Å². The summed E-state index contributed by atoms with van der Waals surface area (Å²) in [6.45, 7) is 2.22. The number of hydrazine groups is 1. The highest BCUT2D eigenvalue weighted by Gasteiger charge is 2.21. The molecule has 1 unspecified atom stereocenters. The van der Waals surface area contributed by atoms with E-state index in [4.69, 9.17) is 5.84 Å². The van der Waals surface area contributed by atoms with Crippen LogP contribution in [0.1, 0.15) is 61.9 Å². The van der Waals surface area contributed by atoms with Gasteiger partial charge >= 0.3 is 0 Å². The summed E-state index contributed by atoms with van der Waals surface area (Å²) < 4.78 is 0. The molecule has 1 atom stereocenters. The molecule has 0 saturated heterocycles. The molecule has 0 bridgehead atoms. The van der Waals surface area contributed by atoms with Gasteiger partial charge in [0, 0.05) is 4.88 Å². The van der Waals surface area contributed by atoms with E-state index in [1.54, 1.807) is 0 Å². The average molecular weight is 252 g/mol. The molecule has 1 saturated carbocycles. The fourth-order valence-corrected chi connectivity index (χ4v) is 4.02. The Morgan fingerprint density at radius 2 is 2.18 bits per heavy atom. The van der Waals surface area contributed by atoms with Crippen molar-refractivity contribution in [1.82, 2.24) is 5.43 Å². The molecule has 1 aromatic rings. The minimum atomic E-state index is 0.369. The summed E-state index contributed by atoms with van der Waals surface area (Å²) in [5.74, 6) is 6.63. The fourth-order valence-electron chi connectivity index (χ4n) is 2.95. The Bertz CT molecular complexity index is 329. The minimum absolute atomic E-state index is 0.369. The van der Waals surface area contributed by atoms with Gasteiger partial charge in [-0.1, -0.05) is 39.0 Å². The van der Waals surface area contributed by atoms with Crippen LogP contribution in [0.3, 0.4) is 0 Å². The molecule has 0 amide bonds. The zero-order valence-corrected chi connectivity index (χ0v) is 11.6. The number of hydrogen-bond acceptors (Lipinski definition) is 3. The van der Waals surface area contributed by atoms with Gasteiger partial charge in [-0.05, 0) is 35.8 Å². The van der Waals surface area contributed by atoms with Crippen LogP contribution in [-0.4, -0.2) is 0 Å². The van der Waals surface area contributed by atoms with E-state index >= 15 is 0 Å². The maximum absolute atomic E-state index is 5.76. The lowest BCUT2D eigenvalue weighted by atomic mass is 9.84. The first kappa shape index (κ1) is 13.1. The molecule has 1 aliphatic carbocycles. The van der Waals surface area contributed by atoms with E-state index in [0.717, 1.165) is 12.3 Å². The van der Waals surface area contributed by atoms with E-state index in [2.05, 4.69) is 23.8 Å². The highest BCUT2D eigenvalue weighted by atomic mass is 32.1. The lowest BCUT2D eigenvalue weighted by Crippen LogP contribution is -2.30. The normalized spacial score (nSPS) is 19.4.